The number of ether oxygens (including phenoxy) is 1. The molecule has 0 atom stereocenters. The standard InChI is InChI=1S/C19H15N3O2/c1-12-15(11-21-13(2)22-12)18-16-10-20-9-8-17(16)24-19(18)23-14-6-4-3-5-7-14/h3-11H,1-2H3. The third kappa shape index (κ3) is 2.50. The SMILES string of the molecule is Cc1ncc(-c2c(Oc3ccccc3)oc3ccncc23)c(C)n1. The molecule has 0 unspecified atom stereocenters. The average molecular weight is 317 g/mol. The third-order valence-electron chi connectivity index (χ3n) is 3.78. The maximum absolute atomic E-state index is 5.98. The third-order valence-corrected chi connectivity index (χ3v) is 3.78. The van der Waals surface area contributed by atoms with Crippen molar-refractivity contribution >= 4 is 11.0 Å². The Morgan fingerprint density at radius 1 is 1.00 bits per heavy atom. The highest BCUT2D eigenvalue weighted by molar-refractivity contribution is 5.97. The molecule has 0 saturated heterocycles. The van der Waals surface area contributed by atoms with Crippen LogP contribution in [0.5, 0.6) is 11.7 Å². The maximum atomic E-state index is 5.98. The van der Waals surface area contributed by atoms with E-state index in [4.69, 9.17) is 9.15 Å². The van der Waals surface area contributed by atoms with E-state index in [0.29, 0.717) is 17.3 Å². The Balaban J connectivity index is 1.93. The van der Waals surface area contributed by atoms with E-state index in [1.165, 1.54) is 0 Å². The zero-order chi connectivity index (χ0) is 16.5. The fraction of sp³-hybridized carbons (Fsp3) is 0.105. The van der Waals surface area contributed by atoms with E-state index in [9.17, 15) is 0 Å². The molecule has 0 aliphatic carbocycles. The molecule has 5 heteroatoms. The first-order chi connectivity index (χ1) is 11.7. The molecule has 118 valence electrons. The van der Waals surface area contributed by atoms with Crippen LogP contribution in [0.2, 0.25) is 0 Å². The van der Waals surface area contributed by atoms with Crippen LogP contribution in [0.1, 0.15) is 11.5 Å². The number of hydrogen-bond acceptors (Lipinski definition) is 5. The summed E-state index contributed by atoms with van der Waals surface area (Å²) in [5, 5.41) is 0.874. The van der Waals surface area contributed by atoms with Crippen LogP contribution in [0.4, 0.5) is 0 Å². The molecule has 0 N–H and O–H groups in total. The summed E-state index contributed by atoms with van der Waals surface area (Å²) >= 11 is 0. The van der Waals surface area contributed by atoms with Gasteiger partial charge in [-0.3, -0.25) is 4.98 Å². The predicted octanol–water partition coefficient (Wildman–Crippen LogP) is 4.69. The molecule has 0 fully saturated rings. The number of pyridine rings is 1. The van der Waals surface area contributed by atoms with Gasteiger partial charge in [0.25, 0.3) is 5.95 Å². The number of rotatable bonds is 3. The number of para-hydroxylation sites is 1. The fourth-order valence-electron chi connectivity index (χ4n) is 2.67. The van der Waals surface area contributed by atoms with Gasteiger partial charge >= 0.3 is 0 Å². The lowest BCUT2D eigenvalue weighted by molar-refractivity contribution is 0.362. The summed E-state index contributed by atoms with van der Waals surface area (Å²) in [6, 6.07) is 11.4. The van der Waals surface area contributed by atoms with Crippen molar-refractivity contribution in [3.63, 3.8) is 0 Å². The maximum Gasteiger partial charge on any atom is 0.299 e. The van der Waals surface area contributed by atoms with Crippen molar-refractivity contribution in [2.24, 2.45) is 0 Å². The monoisotopic (exact) mass is 317 g/mol. The zero-order valence-corrected chi connectivity index (χ0v) is 13.4. The average Bonchev–Trinajstić information content (AvgIpc) is 2.94. The first-order valence-corrected chi connectivity index (χ1v) is 7.62. The number of furan rings is 1. The Morgan fingerprint density at radius 3 is 2.62 bits per heavy atom. The van der Waals surface area contributed by atoms with E-state index in [1.807, 2.05) is 50.2 Å². The van der Waals surface area contributed by atoms with Crippen LogP contribution < -0.4 is 4.74 Å². The van der Waals surface area contributed by atoms with Crippen LogP contribution in [0.25, 0.3) is 22.1 Å². The largest absolute Gasteiger partial charge is 0.426 e. The summed E-state index contributed by atoms with van der Waals surface area (Å²) in [4.78, 5) is 13.0. The van der Waals surface area contributed by atoms with Crippen molar-refractivity contribution in [3.8, 4) is 22.8 Å². The van der Waals surface area contributed by atoms with E-state index in [2.05, 4.69) is 15.0 Å². The molecule has 3 heterocycles. The zero-order valence-electron chi connectivity index (χ0n) is 13.4. The number of hydrogen-bond donors (Lipinski definition) is 0. The van der Waals surface area contributed by atoms with Crippen molar-refractivity contribution in [1.82, 2.24) is 15.0 Å². The summed E-state index contributed by atoms with van der Waals surface area (Å²) in [5.74, 6) is 1.85. The van der Waals surface area contributed by atoms with Gasteiger partial charge in [0.1, 0.15) is 17.2 Å². The predicted molar refractivity (Wildman–Crippen MR) is 91.0 cm³/mol. The summed E-state index contributed by atoms with van der Waals surface area (Å²) in [5.41, 5.74) is 3.27. The second-order valence-electron chi connectivity index (χ2n) is 5.47. The van der Waals surface area contributed by atoms with E-state index < -0.39 is 0 Å². The summed E-state index contributed by atoms with van der Waals surface area (Å²) in [7, 11) is 0. The molecule has 0 spiro atoms. The normalized spacial score (nSPS) is 10.9. The van der Waals surface area contributed by atoms with Gasteiger partial charge in [-0.05, 0) is 32.0 Å². The smallest absolute Gasteiger partial charge is 0.299 e. The van der Waals surface area contributed by atoms with E-state index in [0.717, 1.165) is 28.0 Å². The van der Waals surface area contributed by atoms with Gasteiger partial charge in [0.15, 0.2) is 0 Å². The molecule has 5 nitrogen and oxygen atoms in total. The molecule has 0 bridgehead atoms. The Morgan fingerprint density at radius 2 is 1.83 bits per heavy atom. The minimum Gasteiger partial charge on any atom is -0.426 e. The Kier molecular flexibility index (Phi) is 3.46. The Labute approximate surface area is 139 Å². The van der Waals surface area contributed by atoms with Crippen LogP contribution >= 0.6 is 0 Å². The molecule has 24 heavy (non-hydrogen) atoms. The van der Waals surface area contributed by atoms with Crippen LogP contribution in [-0.2, 0) is 0 Å². The second kappa shape index (κ2) is 5.77. The Bertz CT molecular complexity index is 1010. The quantitative estimate of drug-likeness (QED) is 0.548. The molecule has 0 aliphatic heterocycles. The summed E-state index contributed by atoms with van der Waals surface area (Å²) in [6.07, 6.45) is 5.26. The first-order valence-electron chi connectivity index (χ1n) is 7.62. The van der Waals surface area contributed by atoms with Gasteiger partial charge in [-0.1, -0.05) is 18.2 Å². The van der Waals surface area contributed by atoms with Crippen molar-refractivity contribution < 1.29 is 9.15 Å². The lowest BCUT2D eigenvalue weighted by atomic mass is 10.1. The van der Waals surface area contributed by atoms with Crippen molar-refractivity contribution in [2.45, 2.75) is 13.8 Å². The molecule has 0 amide bonds. The molecule has 0 saturated carbocycles. The van der Waals surface area contributed by atoms with E-state index in [-0.39, 0.29) is 0 Å². The van der Waals surface area contributed by atoms with Gasteiger partial charge in [0.2, 0.25) is 0 Å². The van der Waals surface area contributed by atoms with Crippen molar-refractivity contribution in [3.05, 3.63) is 66.5 Å². The molecular formula is C19H15N3O2. The van der Waals surface area contributed by atoms with Gasteiger partial charge in [-0.2, -0.15) is 0 Å². The molecular weight excluding hydrogens is 302 g/mol. The first kappa shape index (κ1) is 14.4. The molecule has 3 aromatic heterocycles. The fourth-order valence-corrected chi connectivity index (χ4v) is 2.67. The molecule has 0 aliphatic rings. The van der Waals surface area contributed by atoms with Gasteiger partial charge in [-0.25, -0.2) is 9.97 Å². The number of aromatic nitrogens is 3. The molecule has 4 rings (SSSR count). The highest BCUT2D eigenvalue weighted by Crippen LogP contribution is 2.42. The second-order valence-corrected chi connectivity index (χ2v) is 5.47. The van der Waals surface area contributed by atoms with Gasteiger partial charge in [0.05, 0.1) is 10.9 Å². The highest BCUT2D eigenvalue weighted by atomic mass is 16.6. The van der Waals surface area contributed by atoms with E-state index in [1.54, 1.807) is 18.6 Å². The number of benzene rings is 1. The van der Waals surface area contributed by atoms with Gasteiger partial charge < -0.3 is 9.15 Å². The number of nitrogens with zero attached hydrogens (tertiary/aromatic N) is 3. The summed E-state index contributed by atoms with van der Waals surface area (Å²) < 4.78 is 11.9. The van der Waals surface area contributed by atoms with Crippen LogP contribution in [-0.4, -0.2) is 15.0 Å². The molecule has 0 radical (unpaired) electrons. The molecule has 1 aromatic carbocycles. The number of fused-ring (bicyclic) bond motifs is 1. The minimum atomic E-state index is 0.416. The lowest BCUT2D eigenvalue weighted by Gasteiger charge is -2.07. The van der Waals surface area contributed by atoms with Crippen LogP contribution in [0.15, 0.2) is 59.4 Å². The van der Waals surface area contributed by atoms with Crippen LogP contribution in [0.3, 0.4) is 0 Å². The van der Waals surface area contributed by atoms with Gasteiger partial charge in [0, 0.05) is 29.8 Å². The highest BCUT2D eigenvalue weighted by Gasteiger charge is 2.20. The lowest BCUT2D eigenvalue weighted by Crippen LogP contribution is -1.95. The van der Waals surface area contributed by atoms with E-state index >= 15 is 0 Å². The van der Waals surface area contributed by atoms with Crippen molar-refractivity contribution in [1.29, 1.82) is 0 Å². The minimum absolute atomic E-state index is 0.416. The topological polar surface area (TPSA) is 61.0 Å². The summed E-state index contributed by atoms with van der Waals surface area (Å²) in [6.45, 7) is 3.82. The van der Waals surface area contributed by atoms with Gasteiger partial charge in [-0.15, -0.1) is 0 Å². The van der Waals surface area contributed by atoms with Crippen LogP contribution in [0, 0.1) is 13.8 Å². The van der Waals surface area contributed by atoms with Crippen molar-refractivity contribution in [2.75, 3.05) is 0 Å². The Hall–Kier alpha value is -3.21. The number of aryl methyl sites for hydroxylation is 2. The molecule has 4 aromatic rings.